The fraction of sp³-hybridized carbons (Fsp3) is 0.690. The van der Waals surface area contributed by atoms with Crippen LogP contribution in [0.1, 0.15) is 91.4 Å². The number of benzene rings is 1. The van der Waals surface area contributed by atoms with Crippen LogP contribution >= 0.6 is 0 Å². The molecule has 2 saturated heterocycles. The number of rotatable bonds is 9. The molecule has 2 N–H and O–H groups in total. The number of hydrogen-bond donors (Lipinski definition) is 2. The molecule has 4 rings (SSSR count). The van der Waals surface area contributed by atoms with Crippen LogP contribution in [-0.2, 0) is 38.1 Å². The van der Waals surface area contributed by atoms with Crippen LogP contribution in [0.5, 0.6) is 0 Å². The number of ether oxygens (including phenoxy) is 5. The Bertz CT molecular complexity index is 1660. The summed E-state index contributed by atoms with van der Waals surface area (Å²) in [5, 5.41) is 24.3. The van der Waals surface area contributed by atoms with Crippen LogP contribution in [0.3, 0.4) is 0 Å². The van der Waals surface area contributed by atoms with Gasteiger partial charge in [0.1, 0.15) is 29.5 Å². The fourth-order valence-electron chi connectivity index (χ4n) is 8.70. The standard InChI is InChI=1S/C42H62N2O11/c1-12-33-42(8,50)30(18-20-52-39(49)29-17-19-43-31-16-14-13-15-28(29)31)25(4)34(45)23(2)22-41(7,51-11)37(26(5)35(46)27(6)38(48)54-33)55-40-36(47)32(44(9)10)21-24(3)53-40/h13-17,19,23-27,30,32-33,36-37,40,47,50H,12,18,20-22H2,1-11H3/t23-,24-,25?,26-,27?,30+,32+,33-,36-,37-,40+,41-,42+/m1/s1. The van der Waals surface area contributed by atoms with Gasteiger partial charge in [0.25, 0.3) is 0 Å². The van der Waals surface area contributed by atoms with Crippen LogP contribution in [0.4, 0.5) is 0 Å². The minimum Gasteiger partial charge on any atom is -0.462 e. The smallest absolute Gasteiger partial charge is 0.338 e. The first-order valence-corrected chi connectivity index (χ1v) is 19.5. The van der Waals surface area contributed by atoms with Crippen LogP contribution in [0.25, 0.3) is 10.9 Å². The normalized spacial score (nSPS) is 37.1. The first kappa shape index (κ1) is 44.4. The van der Waals surface area contributed by atoms with E-state index >= 15 is 0 Å². The van der Waals surface area contributed by atoms with Crippen molar-refractivity contribution in [1.29, 1.82) is 0 Å². The topological polar surface area (TPSA) is 171 Å². The summed E-state index contributed by atoms with van der Waals surface area (Å²) >= 11 is 0. The van der Waals surface area contributed by atoms with Crippen molar-refractivity contribution in [1.82, 2.24) is 9.88 Å². The first-order valence-electron chi connectivity index (χ1n) is 19.5. The maximum atomic E-state index is 14.5. The zero-order valence-corrected chi connectivity index (χ0v) is 34.3. The summed E-state index contributed by atoms with van der Waals surface area (Å²) in [6, 6.07) is 8.50. The van der Waals surface area contributed by atoms with Gasteiger partial charge in [-0.3, -0.25) is 19.4 Å². The second kappa shape index (κ2) is 18.3. The molecule has 2 unspecified atom stereocenters. The molecule has 0 radical (unpaired) electrons. The van der Waals surface area contributed by atoms with E-state index in [1.165, 1.54) is 27.2 Å². The van der Waals surface area contributed by atoms with Crippen molar-refractivity contribution in [3.63, 3.8) is 0 Å². The largest absolute Gasteiger partial charge is 0.462 e. The lowest BCUT2D eigenvalue weighted by molar-refractivity contribution is -0.295. The highest BCUT2D eigenvalue weighted by molar-refractivity contribution is 6.03. The molecule has 2 fully saturated rings. The average Bonchev–Trinajstić information content (AvgIpc) is 3.15. The van der Waals surface area contributed by atoms with Crippen LogP contribution in [0.15, 0.2) is 36.5 Å². The van der Waals surface area contributed by atoms with Crippen molar-refractivity contribution in [2.75, 3.05) is 27.8 Å². The van der Waals surface area contributed by atoms with E-state index in [1.54, 1.807) is 58.9 Å². The number of cyclic esters (lactones) is 1. The van der Waals surface area contributed by atoms with Gasteiger partial charge in [0.2, 0.25) is 0 Å². The molecule has 13 heteroatoms. The highest BCUT2D eigenvalue weighted by Crippen LogP contribution is 2.40. The van der Waals surface area contributed by atoms with Crippen molar-refractivity contribution < 1.29 is 53.1 Å². The van der Waals surface area contributed by atoms with E-state index in [1.807, 2.05) is 32.0 Å². The van der Waals surface area contributed by atoms with Crippen molar-refractivity contribution >= 4 is 34.4 Å². The third-order valence-corrected chi connectivity index (χ3v) is 12.1. The number of methoxy groups -OCH3 is 1. The van der Waals surface area contributed by atoms with Gasteiger partial charge in [0.15, 0.2) is 12.1 Å². The van der Waals surface area contributed by atoms with Crippen LogP contribution < -0.4 is 0 Å². The van der Waals surface area contributed by atoms with Gasteiger partial charge in [0, 0.05) is 48.4 Å². The summed E-state index contributed by atoms with van der Waals surface area (Å²) in [6.07, 6.45) is -2.20. The van der Waals surface area contributed by atoms with E-state index in [0.717, 1.165) is 0 Å². The van der Waals surface area contributed by atoms with Gasteiger partial charge in [-0.15, -0.1) is 0 Å². The molecule has 2 aliphatic rings. The zero-order valence-electron chi connectivity index (χ0n) is 34.3. The molecule has 0 spiro atoms. The summed E-state index contributed by atoms with van der Waals surface area (Å²) in [5.41, 5.74) is -2.08. The highest BCUT2D eigenvalue weighted by Gasteiger charge is 2.52. The monoisotopic (exact) mass is 770 g/mol. The number of pyridine rings is 1. The Morgan fingerprint density at radius 2 is 1.69 bits per heavy atom. The molecule has 2 aromatic rings. The second-order valence-corrected chi connectivity index (χ2v) is 16.3. The summed E-state index contributed by atoms with van der Waals surface area (Å²) in [6.45, 7) is 13.3. The molecular weight excluding hydrogens is 708 g/mol. The molecule has 0 saturated carbocycles. The molecular formula is C42H62N2O11. The lowest BCUT2D eigenvalue weighted by atomic mass is 9.69. The number of aliphatic hydroxyl groups is 2. The SMILES string of the molecule is CC[C@H]1OC(=O)C(C)C(=O)[C@@H](C)[C@@H](O[C@@H]2O[C@H](C)C[C@H](N(C)C)[C@H]2O)[C@](C)(OC)C[C@@H](C)C(=O)C(C)[C@H](CCOC(=O)c2ccnc3ccccc23)[C@]1(C)O. The maximum Gasteiger partial charge on any atom is 0.338 e. The Kier molecular flexibility index (Phi) is 14.8. The number of nitrogens with zero attached hydrogens (tertiary/aromatic N) is 2. The van der Waals surface area contributed by atoms with Crippen molar-refractivity contribution in [2.45, 2.75) is 129 Å². The van der Waals surface area contributed by atoms with E-state index in [-0.39, 0.29) is 43.8 Å². The number of aromatic nitrogens is 1. The molecule has 1 aromatic heterocycles. The third kappa shape index (κ3) is 9.62. The van der Waals surface area contributed by atoms with Crippen LogP contribution in [0, 0.1) is 29.6 Å². The Labute approximate surface area is 325 Å². The van der Waals surface area contributed by atoms with E-state index in [0.29, 0.717) is 22.9 Å². The molecule has 0 bridgehead atoms. The quantitative estimate of drug-likeness (QED) is 0.264. The molecule has 55 heavy (non-hydrogen) atoms. The van der Waals surface area contributed by atoms with Crippen molar-refractivity contribution in [2.24, 2.45) is 29.6 Å². The van der Waals surface area contributed by atoms with Gasteiger partial charge in [-0.2, -0.15) is 0 Å². The molecule has 0 aliphatic carbocycles. The Morgan fingerprint density at radius 1 is 1.02 bits per heavy atom. The minimum atomic E-state index is -1.77. The van der Waals surface area contributed by atoms with Gasteiger partial charge >= 0.3 is 11.9 Å². The van der Waals surface area contributed by atoms with Crippen LogP contribution in [0.2, 0.25) is 0 Å². The van der Waals surface area contributed by atoms with Gasteiger partial charge in [-0.25, -0.2) is 4.79 Å². The number of hydrogen-bond acceptors (Lipinski definition) is 13. The van der Waals surface area contributed by atoms with Crippen LogP contribution in [-0.4, -0.2) is 119 Å². The second-order valence-electron chi connectivity index (χ2n) is 16.3. The number of ketones is 2. The number of likely N-dealkylation sites (N-methyl/N-ethyl adjacent to an activating group) is 1. The maximum absolute atomic E-state index is 14.5. The average molecular weight is 771 g/mol. The fourth-order valence-corrected chi connectivity index (χ4v) is 8.70. The number of carbonyl (C=O) groups excluding carboxylic acids is 4. The molecule has 306 valence electrons. The number of para-hydroxylation sites is 1. The summed E-state index contributed by atoms with van der Waals surface area (Å²) < 4.78 is 30.5. The van der Waals surface area contributed by atoms with Gasteiger partial charge in [0.05, 0.1) is 35.5 Å². The number of fused-ring (bicyclic) bond motifs is 1. The van der Waals surface area contributed by atoms with E-state index in [4.69, 9.17) is 23.7 Å². The predicted octanol–water partition coefficient (Wildman–Crippen LogP) is 4.77. The molecule has 1 aromatic carbocycles. The highest BCUT2D eigenvalue weighted by atomic mass is 16.7. The number of aliphatic hydroxyl groups excluding tert-OH is 1. The number of carbonyl (C=O) groups is 4. The Morgan fingerprint density at radius 3 is 2.33 bits per heavy atom. The summed E-state index contributed by atoms with van der Waals surface area (Å²) in [4.78, 5) is 62.0. The van der Waals surface area contributed by atoms with Crippen molar-refractivity contribution in [3.05, 3.63) is 42.1 Å². The lowest BCUT2D eigenvalue weighted by Crippen LogP contribution is -2.59. The molecule has 13 nitrogen and oxygen atoms in total. The molecule has 2 aliphatic heterocycles. The minimum absolute atomic E-state index is 0.0658. The third-order valence-electron chi connectivity index (χ3n) is 12.1. The predicted molar refractivity (Wildman–Crippen MR) is 205 cm³/mol. The number of esters is 2. The first-order chi connectivity index (χ1) is 25.8. The van der Waals surface area contributed by atoms with Gasteiger partial charge < -0.3 is 38.8 Å². The van der Waals surface area contributed by atoms with E-state index in [2.05, 4.69) is 4.98 Å². The molecule has 0 amide bonds. The Balaban J connectivity index is 1.69. The van der Waals surface area contributed by atoms with E-state index in [9.17, 15) is 29.4 Å². The van der Waals surface area contributed by atoms with Gasteiger partial charge in [-0.1, -0.05) is 45.9 Å². The van der Waals surface area contributed by atoms with Crippen molar-refractivity contribution in [3.8, 4) is 0 Å². The number of Topliss-reactive ketones (excluding diaryl/α,β-unsaturated/α-hetero) is 2. The summed E-state index contributed by atoms with van der Waals surface area (Å²) in [7, 11) is 5.19. The Hall–Kier alpha value is -3.33. The van der Waals surface area contributed by atoms with Gasteiger partial charge in [-0.05, 0) is 79.6 Å². The lowest BCUT2D eigenvalue weighted by Gasteiger charge is -2.47. The van der Waals surface area contributed by atoms with E-state index < -0.39 is 83.1 Å². The summed E-state index contributed by atoms with van der Waals surface area (Å²) in [5.74, 6) is -6.66. The molecule has 3 heterocycles. The molecule has 13 atom stereocenters. The zero-order chi connectivity index (χ0) is 41.0.